The minimum Gasteiger partial charge on any atom is -0.497 e. The van der Waals surface area contributed by atoms with E-state index in [2.05, 4.69) is 5.32 Å². The molecule has 1 amide bonds. The second-order valence-corrected chi connectivity index (χ2v) is 5.83. The highest BCUT2D eigenvalue weighted by Crippen LogP contribution is 2.40. The van der Waals surface area contributed by atoms with Gasteiger partial charge in [-0.25, -0.2) is 0 Å². The zero-order chi connectivity index (χ0) is 15.7. The summed E-state index contributed by atoms with van der Waals surface area (Å²) in [6.07, 6.45) is 0. The fraction of sp³-hybridized carbons (Fsp3) is 0.133. The normalized spacial score (nSPS) is 16.6. The Morgan fingerprint density at radius 2 is 1.95 bits per heavy atom. The quantitative estimate of drug-likeness (QED) is 0.695. The Balaban J connectivity index is 1.90. The summed E-state index contributed by atoms with van der Waals surface area (Å²) in [7, 11) is 1.59. The predicted molar refractivity (Wildman–Crippen MR) is 82.2 cm³/mol. The number of carbonyl (C=O) groups excluding carboxylic acids is 1. The summed E-state index contributed by atoms with van der Waals surface area (Å²) in [5, 5.41) is 13.4. The van der Waals surface area contributed by atoms with Gasteiger partial charge in [0, 0.05) is 17.0 Å². The Labute approximate surface area is 130 Å². The maximum Gasteiger partial charge on any atom is 0.270 e. The van der Waals surface area contributed by atoms with Gasteiger partial charge in [-0.05, 0) is 23.8 Å². The Hall–Kier alpha value is -2.54. The highest BCUT2D eigenvalue weighted by Gasteiger charge is 2.27. The van der Waals surface area contributed by atoms with Crippen molar-refractivity contribution < 1.29 is 14.5 Å². The molecule has 0 aliphatic carbocycles. The van der Waals surface area contributed by atoms with Crippen LogP contribution in [0.3, 0.4) is 0 Å². The lowest BCUT2D eigenvalue weighted by Gasteiger charge is -2.25. The second-order valence-electron chi connectivity index (χ2n) is 4.68. The maximum atomic E-state index is 12.2. The molecule has 1 aliphatic rings. The number of amides is 1. The minimum atomic E-state index is -0.506. The molecule has 2 aromatic rings. The van der Waals surface area contributed by atoms with Crippen molar-refractivity contribution in [2.45, 2.75) is 10.3 Å². The fourth-order valence-corrected chi connectivity index (χ4v) is 3.33. The van der Waals surface area contributed by atoms with Gasteiger partial charge in [0.05, 0.1) is 17.6 Å². The van der Waals surface area contributed by atoms with E-state index < -0.39 is 4.92 Å². The standard InChI is InChI=1S/C15H12N2O4S/c1-21-11-5-2-9(3-6-11)15-16-14(18)12-8-10(17(19)20)4-7-13(12)22-15/h2-8,15H,1H3,(H,16,18). The van der Waals surface area contributed by atoms with Crippen LogP contribution in [0.4, 0.5) is 5.69 Å². The number of nitro groups is 1. The van der Waals surface area contributed by atoms with Crippen molar-refractivity contribution >= 4 is 23.4 Å². The number of fused-ring (bicyclic) bond motifs is 1. The largest absolute Gasteiger partial charge is 0.497 e. The first-order chi connectivity index (χ1) is 10.6. The predicted octanol–water partition coefficient (Wildman–Crippen LogP) is 3.14. The summed E-state index contributed by atoms with van der Waals surface area (Å²) < 4.78 is 5.11. The number of hydrogen-bond donors (Lipinski definition) is 1. The van der Waals surface area contributed by atoms with Crippen molar-refractivity contribution in [2.75, 3.05) is 7.11 Å². The monoisotopic (exact) mass is 316 g/mol. The maximum absolute atomic E-state index is 12.2. The first-order valence-electron chi connectivity index (χ1n) is 6.48. The van der Waals surface area contributed by atoms with E-state index in [0.717, 1.165) is 16.2 Å². The number of nitrogens with one attached hydrogen (secondary N) is 1. The average molecular weight is 316 g/mol. The van der Waals surface area contributed by atoms with Crippen LogP contribution in [0, 0.1) is 10.1 Å². The van der Waals surface area contributed by atoms with Gasteiger partial charge in [-0.2, -0.15) is 0 Å². The number of hydrogen-bond acceptors (Lipinski definition) is 5. The van der Waals surface area contributed by atoms with Crippen LogP contribution in [0.25, 0.3) is 0 Å². The number of thioether (sulfide) groups is 1. The molecule has 1 atom stereocenters. The molecule has 0 saturated carbocycles. The smallest absolute Gasteiger partial charge is 0.270 e. The molecule has 2 aromatic carbocycles. The second kappa shape index (κ2) is 5.69. The SMILES string of the molecule is COc1ccc(C2NC(=O)c3cc([N+](=O)[O-])ccc3S2)cc1. The summed E-state index contributed by atoms with van der Waals surface area (Å²) in [5.41, 5.74) is 1.18. The van der Waals surface area contributed by atoms with Crippen molar-refractivity contribution in [1.82, 2.24) is 5.32 Å². The Morgan fingerprint density at radius 1 is 1.23 bits per heavy atom. The van der Waals surface area contributed by atoms with Crippen LogP contribution in [0.2, 0.25) is 0 Å². The summed E-state index contributed by atoms with van der Waals surface area (Å²) in [6, 6.07) is 11.8. The number of carbonyl (C=O) groups is 1. The lowest BCUT2D eigenvalue weighted by atomic mass is 10.1. The van der Waals surface area contributed by atoms with Crippen molar-refractivity contribution in [2.24, 2.45) is 0 Å². The van der Waals surface area contributed by atoms with E-state index in [9.17, 15) is 14.9 Å². The van der Waals surface area contributed by atoms with Crippen LogP contribution in [0.15, 0.2) is 47.4 Å². The van der Waals surface area contributed by atoms with E-state index in [1.165, 1.54) is 23.9 Å². The van der Waals surface area contributed by atoms with Crippen LogP contribution in [0.1, 0.15) is 21.3 Å². The molecular formula is C15H12N2O4S. The average Bonchev–Trinajstić information content (AvgIpc) is 2.54. The summed E-state index contributed by atoms with van der Waals surface area (Å²) >= 11 is 1.45. The third-order valence-electron chi connectivity index (χ3n) is 3.34. The Bertz CT molecular complexity index is 746. The van der Waals surface area contributed by atoms with Crippen molar-refractivity contribution in [3.63, 3.8) is 0 Å². The number of nitrogens with zero attached hydrogens (tertiary/aromatic N) is 1. The van der Waals surface area contributed by atoms with E-state index in [4.69, 9.17) is 4.74 Å². The molecular weight excluding hydrogens is 304 g/mol. The lowest BCUT2D eigenvalue weighted by molar-refractivity contribution is -0.384. The zero-order valence-corrected chi connectivity index (χ0v) is 12.4. The van der Waals surface area contributed by atoms with Gasteiger partial charge in [-0.1, -0.05) is 23.9 Å². The van der Waals surface area contributed by atoms with Crippen LogP contribution < -0.4 is 10.1 Å². The number of methoxy groups -OCH3 is 1. The number of rotatable bonds is 3. The van der Waals surface area contributed by atoms with E-state index in [0.29, 0.717) is 5.56 Å². The first kappa shape index (κ1) is 14.4. The van der Waals surface area contributed by atoms with Crippen molar-refractivity contribution in [3.05, 3.63) is 63.7 Å². The van der Waals surface area contributed by atoms with Crippen molar-refractivity contribution in [1.29, 1.82) is 0 Å². The molecule has 0 saturated heterocycles. The first-order valence-corrected chi connectivity index (χ1v) is 7.36. The van der Waals surface area contributed by atoms with E-state index >= 15 is 0 Å². The zero-order valence-electron chi connectivity index (χ0n) is 11.6. The summed E-state index contributed by atoms with van der Waals surface area (Å²) in [4.78, 5) is 23.2. The lowest BCUT2D eigenvalue weighted by Crippen LogP contribution is -2.30. The van der Waals surface area contributed by atoms with Crippen molar-refractivity contribution in [3.8, 4) is 5.75 Å². The highest BCUT2D eigenvalue weighted by molar-refractivity contribution is 7.99. The molecule has 0 aromatic heterocycles. The topological polar surface area (TPSA) is 81.5 Å². The van der Waals surface area contributed by atoms with E-state index in [1.807, 2.05) is 24.3 Å². The molecule has 6 nitrogen and oxygen atoms in total. The molecule has 7 heteroatoms. The Kier molecular flexibility index (Phi) is 3.72. The molecule has 0 radical (unpaired) electrons. The van der Waals surface area contributed by atoms with E-state index in [-0.39, 0.29) is 17.0 Å². The molecule has 1 heterocycles. The molecule has 22 heavy (non-hydrogen) atoms. The molecule has 1 unspecified atom stereocenters. The van der Waals surface area contributed by atoms with Gasteiger partial charge in [0.25, 0.3) is 11.6 Å². The minimum absolute atomic E-state index is 0.0857. The number of benzene rings is 2. The molecule has 112 valence electrons. The van der Waals surface area contributed by atoms with E-state index in [1.54, 1.807) is 13.2 Å². The van der Waals surface area contributed by atoms with Gasteiger partial charge in [-0.3, -0.25) is 14.9 Å². The fourth-order valence-electron chi connectivity index (χ4n) is 2.20. The molecule has 1 N–H and O–H groups in total. The van der Waals surface area contributed by atoms with Crippen LogP contribution in [0.5, 0.6) is 5.75 Å². The van der Waals surface area contributed by atoms with Crippen LogP contribution >= 0.6 is 11.8 Å². The van der Waals surface area contributed by atoms with Gasteiger partial charge in [0.2, 0.25) is 0 Å². The van der Waals surface area contributed by atoms with Gasteiger partial charge in [0.1, 0.15) is 11.1 Å². The third kappa shape index (κ3) is 2.62. The molecule has 0 bridgehead atoms. The number of ether oxygens (including phenoxy) is 1. The van der Waals surface area contributed by atoms with Crippen LogP contribution in [-0.4, -0.2) is 17.9 Å². The summed E-state index contributed by atoms with van der Waals surface area (Å²) in [5.74, 6) is 0.435. The van der Waals surface area contributed by atoms with Gasteiger partial charge in [0.15, 0.2) is 0 Å². The summed E-state index contributed by atoms with van der Waals surface area (Å²) in [6.45, 7) is 0. The van der Waals surface area contributed by atoms with Gasteiger partial charge >= 0.3 is 0 Å². The molecule has 3 rings (SSSR count). The molecule has 1 aliphatic heterocycles. The molecule has 0 spiro atoms. The Morgan fingerprint density at radius 3 is 2.59 bits per heavy atom. The van der Waals surface area contributed by atoms with Crippen LogP contribution in [-0.2, 0) is 0 Å². The van der Waals surface area contributed by atoms with Gasteiger partial charge < -0.3 is 10.1 Å². The third-order valence-corrected chi connectivity index (χ3v) is 4.58. The van der Waals surface area contributed by atoms with Gasteiger partial charge in [-0.15, -0.1) is 0 Å². The highest BCUT2D eigenvalue weighted by atomic mass is 32.2. The molecule has 0 fully saturated rings. The number of nitro benzene ring substituents is 1. The number of non-ortho nitro benzene ring substituents is 1.